The standard InChI is InChI=1S/C17H20N4/c18-10-13-6-2-4-8-16(13)21-17-14(11-19)9-12-5-1-3-7-15(12)20-17/h1,3,5,7,9,13,16H,2,4,6,8,10,18H2,(H,20,21). The number of nitrogens with one attached hydrogen (secondary N) is 1. The topological polar surface area (TPSA) is 74.7 Å². The third-order valence-electron chi connectivity index (χ3n) is 4.38. The van der Waals surface area contributed by atoms with Gasteiger partial charge in [0.05, 0.1) is 11.1 Å². The van der Waals surface area contributed by atoms with E-state index < -0.39 is 0 Å². The molecule has 3 rings (SSSR count). The molecule has 0 saturated heterocycles. The van der Waals surface area contributed by atoms with Gasteiger partial charge in [0.25, 0.3) is 0 Å². The van der Waals surface area contributed by atoms with Gasteiger partial charge in [0.1, 0.15) is 11.9 Å². The third kappa shape index (κ3) is 2.84. The van der Waals surface area contributed by atoms with Crippen molar-refractivity contribution >= 4 is 16.7 Å². The molecule has 0 amide bonds. The second-order valence-electron chi connectivity index (χ2n) is 5.72. The van der Waals surface area contributed by atoms with Crippen LogP contribution in [0, 0.1) is 17.2 Å². The monoisotopic (exact) mass is 280 g/mol. The Balaban J connectivity index is 1.93. The zero-order chi connectivity index (χ0) is 14.7. The summed E-state index contributed by atoms with van der Waals surface area (Å²) in [5.41, 5.74) is 7.41. The Hall–Kier alpha value is -2.12. The van der Waals surface area contributed by atoms with E-state index in [4.69, 9.17) is 5.73 Å². The van der Waals surface area contributed by atoms with Crippen molar-refractivity contribution in [2.75, 3.05) is 11.9 Å². The number of benzene rings is 1. The SMILES string of the molecule is N#Cc1cc2ccccc2nc1NC1CCCCC1CN. The van der Waals surface area contributed by atoms with Crippen molar-refractivity contribution in [3.05, 3.63) is 35.9 Å². The first-order valence-corrected chi connectivity index (χ1v) is 7.58. The van der Waals surface area contributed by atoms with E-state index in [1.54, 1.807) is 0 Å². The summed E-state index contributed by atoms with van der Waals surface area (Å²) < 4.78 is 0. The lowest BCUT2D eigenvalue weighted by molar-refractivity contribution is 0.332. The van der Waals surface area contributed by atoms with Gasteiger partial charge in [-0.2, -0.15) is 5.26 Å². The van der Waals surface area contributed by atoms with Crippen LogP contribution in [0.4, 0.5) is 5.82 Å². The van der Waals surface area contributed by atoms with E-state index >= 15 is 0 Å². The Kier molecular flexibility index (Phi) is 4.03. The van der Waals surface area contributed by atoms with Gasteiger partial charge >= 0.3 is 0 Å². The number of anilines is 1. The molecule has 2 atom stereocenters. The lowest BCUT2D eigenvalue weighted by atomic mass is 9.84. The van der Waals surface area contributed by atoms with E-state index in [1.165, 1.54) is 12.8 Å². The quantitative estimate of drug-likeness (QED) is 0.906. The number of hydrogen-bond donors (Lipinski definition) is 2. The fraction of sp³-hybridized carbons (Fsp3) is 0.412. The summed E-state index contributed by atoms with van der Waals surface area (Å²) in [5, 5.41) is 13.9. The minimum Gasteiger partial charge on any atom is -0.366 e. The van der Waals surface area contributed by atoms with Crippen LogP contribution < -0.4 is 11.1 Å². The van der Waals surface area contributed by atoms with Gasteiger partial charge in [-0.1, -0.05) is 31.0 Å². The summed E-state index contributed by atoms with van der Waals surface area (Å²) in [6.45, 7) is 0.688. The van der Waals surface area contributed by atoms with Crippen molar-refractivity contribution in [3.63, 3.8) is 0 Å². The Morgan fingerprint density at radius 2 is 2.10 bits per heavy atom. The summed E-state index contributed by atoms with van der Waals surface area (Å²) in [6, 6.07) is 12.4. The molecule has 1 heterocycles. The minimum atomic E-state index is 0.324. The highest BCUT2D eigenvalue weighted by Gasteiger charge is 2.24. The zero-order valence-corrected chi connectivity index (χ0v) is 12.0. The second kappa shape index (κ2) is 6.11. The number of pyridine rings is 1. The zero-order valence-electron chi connectivity index (χ0n) is 12.0. The van der Waals surface area contributed by atoms with Crippen LogP contribution in [0.25, 0.3) is 10.9 Å². The van der Waals surface area contributed by atoms with Crippen molar-refractivity contribution in [1.29, 1.82) is 5.26 Å². The molecule has 1 aromatic carbocycles. The Labute approximate surface area is 125 Å². The van der Waals surface area contributed by atoms with Crippen LogP contribution in [0.15, 0.2) is 30.3 Å². The van der Waals surface area contributed by atoms with E-state index in [1.807, 2.05) is 30.3 Å². The van der Waals surface area contributed by atoms with Gasteiger partial charge in [-0.15, -0.1) is 0 Å². The number of nitriles is 1. The number of rotatable bonds is 3. The van der Waals surface area contributed by atoms with Crippen molar-refractivity contribution < 1.29 is 0 Å². The van der Waals surface area contributed by atoms with Gasteiger partial charge in [-0.05, 0) is 37.4 Å². The van der Waals surface area contributed by atoms with Gasteiger partial charge in [0, 0.05) is 11.4 Å². The Bertz CT molecular complexity index is 674. The average molecular weight is 280 g/mol. The normalized spacial score (nSPS) is 21.9. The first-order chi connectivity index (χ1) is 10.3. The highest BCUT2D eigenvalue weighted by molar-refractivity contribution is 5.82. The van der Waals surface area contributed by atoms with Gasteiger partial charge < -0.3 is 11.1 Å². The summed E-state index contributed by atoms with van der Waals surface area (Å²) in [5.74, 6) is 1.17. The molecular formula is C17H20N4. The molecular weight excluding hydrogens is 260 g/mol. The molecule has 1 aromatic heterocycles. The molecule has 4 nitrogen and oxygen atoms in total. The smallest absolute Gasteiger partial charge is 0.144 e. The van der Waals surface area contributed by atoms with Crippen LogP contribution in [0.2, 0.25) is 0 Å². The summed E-state index contributed by atoms with van der Waals surface area (Å²) in [6.07, 6.45) is 4.71. The molecule has 1 fully saturated rings. The van der Waals surface area contributed by atoms with E-state index in [0.717, 1.165) is 23.7 Å². The lowest BCUT2D eigenvalue weighted by Crippen LogP contribution is -2.37. The molecule has 1 saturated carbocycles. The summed E-state index contributed by atoms with van der Waals surface area (Å²) >= 11 is 0. The van der Waals surface area contributed by atoms with Gasteiger partial charge in [-0.3, -0.25) is 0 Å². The van der Waals surface area contributed by atoms with E-state index in [0.29, 0.717) is 29.9 Å². The molecule has 0 spiro atoms. The Morgan fingerprint density at radius 1 is 1.29 bits per heavy atom. The lowest BCUT2D eigenvalue weighted by Gasteiger charge is -2.32. The number of hydrogen-bond acceptors (Lipinski definition) is 4. The van der Waals surface area contributed by atoms with Gasteiger partial charge in [0.2, 0.25) is 0 Å². The van der Waals surface area contributed by atoms with Crippen LogP contribution in [-0.2, 0) is 0 Å². The molecule has 2 unspecified atom stereocenters. The van der Waals surface area contributed by atoms with E-state index in [-0.39, 0.29) is 0 Å². The molecule has 0 radical (unpaired) electrons. The number of nitrogens with zero attached hydrogens (tertiary/aromatic N) is 2. The highest BCUT2D eigenvalue weighted by Crippen LogP contribution is 2.28. The van der Waals surface area contributed by atoms with Crippen LogP contribution in [0.5, 0.6) is 0 Å². The molecule has 0 aliphatic heterocycles. The fourth-order valence-corrected chi connectivity index (χ4v) is 3.17. The maximum atomic E-state index is 9.38. The van der Waals surface area contributed by atoms with Gasteiger partial charge in [0.15, 0.2) is 0 Å². The van der Waals surface area contributed by atoms with E-state index in [2.05, 4.69) is 16.4 Å². The van der Waals surface area contributed by atoms with Crippen LogP contribution >= 0.6 is 0 Å². The second-order valence-corrected chi connectivity index (χ2v) is 5.72. The van der Waals surface area contributed by atoms with Gasteiger partial charge in [-0.25, -0.2) is 4.98 Å². The summed E-state index contributed by atoms with van der Waals surface area (Å²) in [7, 11) is 0. The molecule has 4 heteroatoms. The predicted octanol–water partition coefficient (Wildman–Crippen LogP) is 3.04. The molecule has 1 aliphatic carbocycles. The van der Waals surface area contributed by atoms with E-state index in [9.17, 15) is 5.26 Å². The van der Waals surface area contributed by atoms with Crippen molar-refractivity contribution in [1.82, 2.24) is 4.98 Å². The minimum absolute atomic E-state index is 0.324. The molecule has 3 N–H and O–H groups in total. The fourth-order valence-electron chi connectivity index (χ4n) is 3.17. The van der Waals surface area contributed by atoms with Crippen LogP contribution in [0.1, 0.15) is 31.2 Å². The number of nitrogens with two attached hydrogens (primary N) is 1. The number of fused-ring (bicyclic) bond motifs is 1. The largest absolute Gasteiger partial charge is 0.366 e. The van der Waals surface area contributed by atoms with Crippen molar-refractivity contribution in [3.8, 4) is 6.07 Å². The van der Waals surface area contributed by atoms with Crippen LogP contribution in [0.3, 0.4) is 0 Å². The number of para-hydroxylation sites is 1. The first-order valence-electron chi connectivity index (χ1n) is 7.58. The Morgan fingerprint density at radius 3 is 2.90 bits per heavy atom. The molecule has 0 bridgehead atoms. The highest BCUT2D eigenvalue weighted by atomic mass is 15.0. The van der Waals surface area contributed by atoms with Crippen molar-refractivity contribution in [2.24, 2.45) is 11.7 Å². The first kappa shape index (κ1) is 13.8. The average Bonchev–Trinajstić information content (AvgIpc) is 2.54. The molecule has 2 aromatic rings. The maximum absolute atomic E-state index is 9.38. The summed E-state index contributed by atoms with van der Waals surface area (Å²) in [4.78, 5) is 4.63. The molecule has 1 aliphatic rings. The van der Waals surface area contributed by atoms with Crippen LogP contribution in [-0.4, -0.2) is 17.6 Å². The predicted molar refractivity (Wildman–Crippen MR) is 84.9 cm³/mol. The number of aromatic nitrogens is 1. The molecule has 21 heavy (non-hydrogen) atoms. The third-order valence-corrected chi connectivity index (χ3v) is 4.38. The van der Waals surface area contributed by atoms with Crippen molar-refractivity contribution in [2.45, 2.75) is 31.7 Å². The molecule has 108 valence electrons. The maximum Gasteiger partial charge on any atom is 0.144 e.